The van der Waals surface area contributed by atoms with Crippen molar-refractivity contribution in [3.8, 4) is 5.75 Å². The number of hydrogen-bond donors (Lipinski definition) is 1. The maximum absolute atomic E-state index is 5.25. The smallest absolute Gasteiger partial charge is 0.206 e. The van der Waals surface area contributed by atoms with Crippen molar-refractivity contribution in [3.63, 3.8) is 0 Å². The van der Waals surface area contributed by atoms with Gasteiger partial charge in [0.25, 0.3) is 0 Å². The zero-order valence-electron chi connectivity index (χ0n) is 16.3. The number of aryl methyl sites for hydroxylation is 2. The summed E-state index contributed by atoms with van der Waals surface area (Å²) in [6.07, 6.45) is 0.944. The molecule has 7 heteroatoms. The van der Waals surface area contributed by atoms with Crippen LogP contribution in [0.4, 0.5) is 5.69 Å². The molecule has 1 aliphatic heterocycles. The molecule has 2 heterocycles. The van der Waals surface area contributed by atoms with E-state index in [0.29, 0.717) is 0 Å². The molecule has 1 saturated heterocycles. The number of benzene rings is 2. The van der Waals surface area contributed by atoms with Gasteiger partial charge in [0.2, 0.25) is 5.82 Å². The summed E-state index contributed by atoms with van der Waals surface area (Å²) in [5.41, 5.74) is 2.57. The summed E-state index contributed by atoms with van der Waals surface area (Å²) in [5, 5.41) is 12.4. The summed E-state index contributed by atoms with van der Waals surface area (Å²) < 4.78 is 7.20. The molecule has 0 aliphatic carbocycles. The molecule has 1 aromatic heterocycles. The van der Waals surface area contributed by atoms with Crippen molar-refractivity contribution in [3.05, 3.63) is 66.0 Å². The average molecular weight is 379 g/mol. The molecule has 0 spiro atoms. The van der Waals surface area contributed by atoms with Gasteiger partial charge in [-0.05, 0) is 46.7 Å². The van der Waals surface area contributed by atoms with Crippen LogP contribution in [0, 0.1) is 0 Å². The average Bonchev–Trinajstić information content (AvgIpc) is 3.20. The van der Waals surface area contributed by atoms with Gasteiger partial charge in [0, 0.05) is 12.2 Å². The highest BCUT2D eigenvalue weighted by Gasteiger charge is 2.22. The second-order valence-corrected chi connectivity index (χ2v) is 7.17. The van der Waals surface area contributed by atoms with E-state index in [-0.39, 0.29) is 0 Å². The van der Waals surface area contributed by atoms with Crippen LogP contribution in [-0.4, -0.2) is 53.5 Å². The molecule has 7 nitrogen and oxygen atoms in total. The van der Waals surface area contributed by atoms with Crippen LogP contribution in [0.5, 0.6) is 5.75 Å². The number of quaternary nitrogens is 1. The zero-order chi connectivity index (χ0) is 19.2. The number of tetrazole rings is 1. The number of anilines is 1. The van der Waals surface area contributed by atoms with Crippen molar-refractivity contribution in [2.45, 2.75) is 19.5 Å². The first-order valence-corrected chi connectivity index (χ1v) is 9.83. The quantitative estimate of drug-likeness (QED) is 0.659. The second kappa shape index (κ2) is 8.84. The van der Waals surface area contributed by atoms with Crippen LogP contribution in [0.2, 0.25) is 0 Å². The van der Waals surface area contributed by atoms with Crippen LogP contribution in [0.3, 0.4) is 0 Å². The summed E-state index contributed by atoms with van der Waals surface area (Å²) in [6, 6.07) is 18.8. The van der Waals surface area contributed by atoms with Crippen molar-refractivity contribution in [2.75, 3.05) is 38.2 Å². The molecule has 4 rings (SSSR count). The van der Waals surface area contributed by atoms with Gasteiger partial charge in [0.15, 0.2) is 0 Å². The maximum Gasteiger partial charge on any atom is 0.206 e. The van der Waals surface area contributed by atoms with E-state index in [1.807, 2.05) is 22.9 Å². The molecule has 0 amide bonds. The molecule has 3 aromatic rings. The Bertz CT molecular complexity index is 856. The third-order valence-corrected chi connectivity index (χ3v) is 5.38. The highest BCUT2D eigenvalue weighted by molar-refractivity contribution is 5.49. The SMILES string of the molecule is COc1ccc(N2CC[NH+](Cc3nnnn3CCc3ccccc3)CC2)cc1. The van der Waals surface area contributed by atoms with Crippen molar-refractivity contribution in [2.24, 2.45) is 0 Å². The fraction of sp³-hybridized carbons (Fsp3) is 0.381. The van der Waals surface area contributed by atoms with Crippen LogP contribution < -0.4 is 14.5 Å². The largest absolute Gasteiger partial charge is 0.497 e. The summed E-state index contributed by atoms with van der Waals surface area (Å²) in [4.78, 5) is 3.96. The van der Waals surface area contributed by atoms with Gasteiger partial charge >= 0.3 is 0 Å². The van der Waals surface area contributed by atoms with Crippen molar-refractivity contribution >= 4 is 5.69 Å². The molecule has 1 aliphatic rings. The molecule has 0 saturated carbocycles. The third-order valence-electron chi connectivity index (χ3n) is 5.38. The van der Waals surface area contributed by atoms with E-state index in [2.05, 4.69) is 56.8 Å². The van der Waals surface area contributed by atoms with Gasteiger partial charge in [0.1, 0.15) is 12.3 Å². The van der Waals surface area contributed by atoms with E-state index in [4.69, 9.17) is 4.74 Å². The van der Waals surface area contributed by atoms with Gasteiger partial charge in [0.05, 0.1) is 33.3 Å². The van der Waals surface area contributed by atoms with Gasteiger partial charge in [-0.2, -0.15) is 0 Å². The summed E-state index contributed by atoms with van der Waals surface area (Å²) in [6.45, 7) is 5.92. The molecule has 28 heavy (non-hydrogen) atoms. The van der Waals surface area contributed by atoms with Crippen molar-refractivity contribution in [1.29, 1.82) is 0 Å². The van der Waals surface area contributed by atoms with Gasteiger partial charge in [-0.1, -0.05) is 30.3 Å². The van der Waals surface area contributed by atoms with E-state index in [1.54, 1.807) is 7.11 Å². The van der Waals surface area contributed by atoms with Crippen molar-refractivity contribution < 1.29 is 9.64 Å². The lowest BCUT2D eigenvalue weighted by molar-refractivity contribution is -0.915. The standard InChI is InChI=1S/C21H26N6O/c1-28-20-9-7-19(8-10-20)26-15-13-25(14-16-26)17-21-22-23-24-27(21)12-11-18-5-3-2-4-6-18/h2-10H,11-17H2,1H3/p+1. The highest BCUT2D eigenvalue weighted by atomic mass is 16.5. The molecular formula is C21H27N6O+. The van der Waals surface area contributed by atoms with E-state index >= 15 is 0 Å². The minimum absolute atomic E-state index is 0.817. The Morgan fingerprint density at radius 1 is 1.00 bits per heavy atom. The number of aromatic nitrogens is 4. The number of methoxy groups -OCH3 is 1. The lowest BCUT2D eigenvalue weighted by Gasteiger charge is -2.33. The molecule has 1 N–H and O–H groups in total. The predicted molar refractivity (Wildman–Crippen MR) is 108 cm³/mol. The predicted octanol–water partition coefficient (Wildman–Crippen LogP) is 0.830. The first-order valence-electron chi connectivity index (χ1n) is 9.83. The Kier molecular flexibility index (Phi) is 5.82. The first-order chi connectivity index (χ1) is 13.8. The fourth-order valence-electron chi connectivity index (χ4n) is 3.68. The number of rotatable bonds is 7. The molecule has 1 fully saturated rings. The monoisotopic (exact) mass is 379 g/mol. The normalized spacial score (nSPS) is 15.0. The van der Waals surface area contributed by atoms with E-state index in [0.717, 1.165) is 57.3 Å². The van der Waals surface area contributed by atoms with Crippen LogP contribution >= 0.6 is 0 Å². The van der Waals surface area contributed by atoms with Crippen molar-refractivity contribution in [1.82, 2.24) is 20.2 Å². The zero-order valence-corrected chi connectivity index (χ0v) is 16.3. The Morgan fingerprint density at radius 3 is 2.46 bits per heavy atom. The van der Waals surface area contributed by atoms with Gasteiger partial charge in [-0.25, -0.2) is 4.68 Å². The number of nitrogens with one attached hydrogen (secondary N) is 1. The Labute approximate surface area is 165 Å². The minimum Gasteiger partial charge on any atom is -0.497 e. The van der Waals surface area contributed by atoms with E-state index < -0.39 is 0 Å². The number of hydrogen-bond acceptors (Lipinski definition) is 5. The van der Waals surface area contributed by atoms with Crippen LogP contribution in [0.15, 0.2) is 54.6 Å². The molecule has 0 bridgehead atoms. The fourth-order valence-corrected chi connectivity index (χ4v) is 3.68. The molecule has 146 valence electrons. The first kappa shape index (κ1) is 18.4. The van der Waals surface area contributed by atoms with Gasteiger partial charge in [-0.15, -0.1) is 5.10 Å². The number of nitrogens with zero attached hydrogens (tertiary/aromatic N) is 5. The Hall–Kier alpha value is -2.93. The van der Waals surface area contributed by atoms with Gasteiger partial charge < -0.3 is 14.5 Å². The third kappa shape index (κ3) is 4.48. The van der Waals surface area contributed by atoms with Crippen LogP contribution in [0.1, 0.15) is 11.4 Å². The van der Waals surface area contributed by atoms with E-state index in [9.17, 15) is 0 Å². The lowest BCUT2D eigenvalue weighted by Crippen LogP contribution is -3.13. The lowest BCUT2D eigenvalue weighted by atomic mass is 10.1. The highest BCUT2D eigenvalue weighted by Crippen LogP contribution is 2.19. The van der Waals surface area contributed by atoms with Gasteiger partial charge in [-0.3, -0.25) is 0 Å². The molecular weight excluding hydrogens is 352 g/mol. The Balaban J connectivity index is 1.29. The molecule has 2 aromatic carbocycles. The topological polar surface area (TPSA) is 60.5 Å². The van der Waals surface area contributed by atoms with Crippen LogP contribution in [-0.2, 0) is 19.5 Å². The molecule has 0 radical (unpaired) electrons. The number of piperazine rings is 1. The maximum atomic E-state index is 5.25. The summed E-state index contributed by atoms with van der Waals surface area (Å²) in [5.74, 6) is 1.87. The number of ether oxygens (including phenoxy) is 1. The summed E-state index contributed by atoms with van der Waals surface area (Å²) >= 11 is 0. The molecule has 0 unspecified atom stereocenters. The minimum atomic E-state index is 0.817. The summed E-state index contributed by atoms with van der Waals surface area (Å²) in [7, 11) is 1.70. The molecule has 0 atom stereocenters. The van der Waals surface area contributed by atoms with Crippen LogP contribution in [0.25, 0.3) is 0 Å². The van der Waals surface area contributed by atoms with E-state index in [1.165, 1.54) is 16.2 Å². The Morgan fingerprint density at radius 2 is 1.75 bits per heavy atom. The second-order valence-electron chi connectivity index (χ2n) is 7.17.